The number of benzene rings is 1. The van der Waals surface area contributed by atoms with Crippen LogP contribution in [0.15, 0.2) is 36.0 Å². The molecule has 0 heterocycles. The van der Waals surface area contributed by atoms with Gasteiger partial charge in [-0.25, -0.2) is 4.79 Å². The van der Waals surface area contributed by atoms with Crippen LogP contribution in [0.2, 0.25) is 0 Å². The zero-order chi connectivity index (χ0) is 42.2. The van der Waals surface area contributed by atoms with Gasteiger partial charge in [0.15, 0.2) is 0 Å². The van der Waals surface area contributed by atoms with Crippen molar-refractivity contribution in [2.45, 2.75) is 32.1 Å². The number of ether oxygens (including phenoxy) is 8. The normalized spacial score (nSPS) is 10.9. The maximum atomic E-state index is 12.0. The van der Waals surface area contributed by atoms with Crippen LogP contribution in [0.3, 0.4) is 0 Å². The Kier molecular flexibility index (Phi) is 34.8. The molecule has 0 aliphatic carbocycles. The summed E-state index contributed by atoms with van der Waals surface area (Å²) in [6.45, 7) is 6.30. The van der Waals surface area contributed by atoms with Crippen LogP contribution >= 0.6 is 0 Å². The summed E-state index contributed by atoms with van der Waals surface area (Å²) in [5, 5.41) is 18.9. The molecule has 5 N–H and O–H groups in total. The number of hydrogen-bond acceptors (Lipinski definition) is 15. The number of rotatable bonds is 40. The van der Waals surface area contributed by atoms with E-state index in [0.29, 0.717) is 98.9 Å². The maximum absolute atomic E-state index is 12.0. The summed E-state index contributed by atoms with van der Waals surface area (Å²) >= 11 is 0. The van der Waals surface area contributed by atoms with E-state index in [1.54, 1.807) is 18.1 Å². The third-order valence-corrected chi connectivity index (χ3v) is 7.62. The van der Waals surface area contributed by atoms with Crippen LogP contribution in [0.25, 0.3) is 0 Å². The topological polar surface area (TPSA) is 231 Å². The van der Waals surface area contributed by atoms with E-state index in [4.69, 9.17) is 43.0 Å². The molecule has 0 atom stereocenters. The molecule has 19 heteroatoms. The number of allylic oxidation sites excluding steroid dienone is 1. The zero-order valence-electron chi connectivity index (χ0n) is 34.0. The van der Waals surface area contributed by atoms with E-state index >= 15 is 0 Å². The molecule has 0 fully saturated rings. The Morgan fingerprint density at radius 3 is 1.59 bits per heavy atom. The minimum Gasteiger partial charge on any atom is -0.381 e. The Hall–Kier alpha value is -3.85. The van der Waals surface area contributed by atoms with Crippen LogP contribution < -0.4 is 21.3 Å². The molecule has 0 aromatic heterocycles. The number of nitrogens with zero attached hydrogens (tertiary/aromatic N) is 1. The van der Waals surface area contributed by atoms with Crippen molar-refractivity contribution < 1.29 is 67.0 Å². The zero-order valence-corrected chi connectivity index (χ0v) is 34.0. The summed E-state index contributed by atoms with van der Waals surface area (Å²) in [7, 11) is 1.86. The van der Waals surface area contributed by atoms with Gasteiger partial charge in [-0.1, -0.05) is 36.8 Å². The van der Waals surface area contributed by atoms with Gasteiger partial charge in [0.25, 0.3) is 0 Å². The van der Waals surface area contributed by atoms with Crippen molar-refractivity contribution in [3.05, 3.63) is 41.6 Å². The Bertz CT molecular complexity index is 1260. The lowest BCUT2D eigenvalue weighted by Gasteiger charge is -2.12. The quantitative estimate of drug-likeness (QED) is 0.0303. The molecule has 0 unspecified atom stereocenters. The number of aliphatic hydroxyl groups is 1. The first-order chi connectivity index (χ1) is 28.3. The van der Waals surface area contributed by atoms with E-state index in [0.717, 1.165) is 31.4 Å². The molecule has 58 heavy (non-hydrogen) atoms. The van der Waals surface area contributed by atoms with Crippen molar-refractivity contribution in [3.8, 4) is 0 Å². The SMILES string of the molecule is CN(CO)CCCCCC(=O)NCCOCCOCCOCCOCCOCCOCCOCCOCC(=O)NCC(=O)NCC(=O)NC(=C=O)Cc1ccccc1. The van der Waals surface area contributed by atoms with Gasteiger partial charge in [0.2, 0.25) is 23.6 Å². The Labute approximate surface area is 341 Å². The molecule has 19 nitrogen and oxygen atoms in total. The average molecular weight is 828 g/mol. The van der Waals surface area contributed by atoms with Gasteiger partial charge in [0.1, 0.15) is 18.2 Å². The van der Waals surface area contributed by atoms with Crippen molar-refractivity contribution in [3.63, 3.8) is 0 Å². The molecule has 330 valence electrons. The minimum absolute atomic E-state index is 0.0238. The second-order valence-electron chi connectivity index (χ2n) is 12.6. The van der Waals surface area contributed by atoms with Gasteiger partial charge in [-0.05, 0) is 32.0 Å². The molecular weight excluding hydrogens is 762 g/mol. The monoisotopic (exact) mass is 827 g/mol. The molecule has 0 radical (unpaired) electrons. The number of carbonyl (C=O) groups is 4. The first-order valence-corrected chi connectivity index (χ1v) is 19.6. The molecule has 0 saturated carbocycles. The molecule has 0 aliphatic heterocycles. The van der Waals surface area contributed by atoms with Crippen molar-refractivity contribution in [2.24, 2.45) is 0 Å². The van der Waals surface area contributed by atoms with Crippen molar-refractivity contribution >= 4 is 29.6 Å². The fourth-order valence-corrected chi connectivity index (χ4v) is 4.56. The second-order valence-corrected chi connectivity index (χ2v) is 12.6. The molecule has 1 rings (SSSR count). The van der Waals surface area contributed by atoms with Crippen LogP contribution in [-0.4, -0.2) is 185 Å². The lowest BCUT2D eigenvalue weighted by atomic mass is 10.1. The second kappa shape index (κ2) is 38.7. The Morgan fingerprint density at radius 1 is 0.586 bits per heavy atom. The van der Waals surface area contributed by atoms with Gasteiger partial charge in [-0.3, -0.25) is 24.1 Å². The first-order valence-electron chi connectivity index (χ1n) is 19.6. The summed E-state index contributed by atoms with van der Waals surface area (Å²) in [4.78, 5) is 60.6. The minimum atomic E-state index is -0.588. The molecule has 0 spiro atoms. The van der Waals surface area contributed by atoms with Crippen molar-refractivity contribution in [1.29, 1.82) is 0 Å². The van der Waals surface area contributed by atoms with Crippen LogP contribution in [0, 0.1) is 0 Å². The number of amides is 4. The molecule has 1 aromatic rings. The lowest BCUT2D eigenvalue weighted by Crippen LogP contribution is -2.42. The van der Waals surface area contributed by atoms with Crippen LogP contribution in [0.1, 0.15) is 31.2 Å². The van der Waals surface area contributed by atoms with E-state index in [9.17, 15) is 24.0 Å². The van der Waals surface area contributed by atoms with E-state index < -0.39 is 17.7 Å². The highest BCUT2D eigenvalue weighted by atomic mass is 16.6. The molecular formula is C39H65N5O14. The number of hydrogen-bond donors (Lipinski definition) is 5. The predicted octanol–water partition coefficient (Wildman–Crippen LogP) is -1.02. The van der Waals surface area contributed by atoms with E-state index in [-0.39, 0.29) is 57.7 Å². The number of nitrogens with one attached hydrogen (secondary N) is 4. The van der Waals surface area contributed by atoms with Gasteiger partial charge in [-0.2, -0.15) is 0 Å². The Balaban J connectivity index is 1.76. The van der Waals surface area contributed by atoms with Gasteiger partial charge in [0.05, 0.1) is 119 Å². The van der Waals surface area contributed by atoms with Crippen LogP contribution in [-0.2, 0) is 68.3 Å². The van der Waals surface area contributed by atoms with Crippen LogP contribution in [0.4, 0.5) is 0 Å². The standard InChI is InChI=1S/C39H65N5O14/c1-44(33-46)12-7-3-6-10-36(47)40-11-13-51-14-15-52-16-17-53-18-19-54-20-21-55-22-23-56-24-25-57-26-27-58-32-39(50)42-29-37(48)41-30-38(49)43-35(31-45)28-34-8-4-2-5-9-34/h2,4-5,8-9,46H,3,6-7,10-30,32-33H2,1H3,(H,40,47)(H,41,48)(H,42,50)(H,43,49). The number of aliphatic hydroxyl groups excluding tert-OH is 1. The fourth-order valence-electron chi connectivity index (χ4n) is 4.56. The lowest BCUT2D eigenvalue weighted by molar-refractivity contribution is -0.130. The highest BCUT2D eigenvalue weighted by Gasteiger charge is 2.10. The fraction of sp³-hybridized carbons (Fsp3) is 0.692. The summed E-state index contributed by atoms with van der Waals surface area (Å²) in [5.74, 6) is 0.0450. The molecule has 0 aliphatic rings. The molecule has 0 bridgehead atoms. The molecule has 4 amide bonds. The first kappa shape index (κ1) is 52.2. The van der Waals surface area contributed by atoms with Gasteiger partial charge < -0.3 is 64.3 Å². The average Bonchev–Trinajstić information content (AvgIpc) is 3.23. The summed E-state index contributed by atoms with van der Waals surface area (Å²) < 4.78 is 43.4. The van der Waals surface area contributed by atoms with Crippen LogP contribution in [0.5, 0.6) is 0 Å². The molecule has 0 saturated heterocycles. The summed E-state index contributed by atoms with van der Waals surface area (Å²) in [6.07, 6.45) is 3.44. The highest BCUT2D eigenvalue weighted by molar-refractivity contribution is 5.89. The van der Waals surface area contributed by atoms with Gasteiger partial charge in [0, 0.05) is 19.4 Å². The smallest absolute Gasteiger partial charge is 0.246 e. The summed E-state index contributed by atoms with van der Waals surface area (Å²) in [6, 6.07) is 9.07. The third kappa shape index (κ3) is 34.2. The summed E-state index contributed by atoms with van der Waals surface area (Å²) in [5.41, 5.74) is 0.875. The molecule has 1 aromatic carbocycles. The predicted molar refractivity (Wildman–Crippen MR) is 211 cm³/mol. The highest BCUT2D eigenvalue weighted by Crippen LogP contribution is 2.03. The Morgan fingerprint density at radius 2 is 1.07 bits per heavy atom. The third-order valence-electron chi connectivity index (χ3n) is 7.62. The van der Waals surface area contributed by atoms with E-state index in [2.05, 4.69) is 21.3 Å². The van der Waals surface area contributed by atoms with Gasteiger partial charge >= 0.3 is 0 Å². The van der Waals surface area contributed by atoms with Gasteiger partial charge in [-0.15, -0.1) is 0 Å². The van der Waals surface area contributed by atoms with E-state index in [1.165, 1.54) is 0 Å². The number of carbonyl (C=O) groups excluding carboxylic acids is 5. The largest absolute Gasteiger partial charge is 0.381 e. The van der Waals surface area contributed by atoms with Crippen molar-refractivity contribution in [2.75, 3.05) is 146 Å². The number of unbranched alkanes of at least 4 members (excludes halogenated alkanes) is 2. The maximum Gasteiger partial charge on any atom is 0.246 e. The van der Waals surface area contributed by atoms with E-state index in [1.807, 2.05) is 30.1 Å². The van der Waals surface area contributed by atoms with Crippen molar-refractivity contribution in [1.82, 2.24) is 26.2 Å².